The first-order chi connectivity index (χ1) is 7.15. The second-order valence-electron chi connectivity index (χ2n) is 3.52. The average molecular weight is 208 g/mol. The number of nitrogens with zero attached hydrogens (tertiary/aromatic N) is 1. The third kappa shape index (κ3) is 3.32. The van der Waals surface area contributed by atoms with E-state index in [1.807, 2.05) is 6.92 Å². The van der Waals surface area contributed by atoms with Gasteiger partial charge >= 0.3 is 0 Å². The van der Waals surface area contributed by atoms with Crippen LogP contribution in [0.1, 0.15) is 23.8 Å². The molecule has 0 saturated carbocycles. The van der Waals surface area contributed by atoms with Gasteiger partial charge in [0.05, 0.1) is 11.9 Å². The second-order valence-corrected chi connectivity index (χ2v) is 3.52. The number of ether oxygens (including phenoxy) is 1. The molecule has 0 amide bonds. The van der Waals surface area contributed by atoms with Crippen LogP contribution in [0.25, 0.3) is 0 Å². The SMILES string of the molecule is COCCC(C)C(=O)c1ccc(N)cn1. The molecule has 0 radical (unpaired) electrons. The van der Waals surface area contributed by atoms with Crippen LogP contribution in [0.5, 0.6) is 0 Å². The number of nitrogens with two attached hydrogens (primary N) is 1. The minimum absolute atomic E-state index is 0.0343. The quantitative estimate of drug-likeness (QED) is 0.745. The normalized spacial score (nSPS) is 12.4. The Hall–Kier alpha value is -1.42. The highest BCUT2D eigenvalue weighted by Crippen LogP contribution is 2.11. The molecule has 0 fully saturated rings. The lowest BCUT2D eigenvalue weighted by Crippen LogP contribution is -2.14. The summed E-state index contributed by atoms with van der Waals surface area (Å²) in [4.78, 5) is 15.8. The highest BCUT2D eigenvalue weighted by Gasteiger charge is 2.15. The third-order valence-electron chi connectivity index (χ3n) is 2.24. The smallest absolute Gasteiger partial charge is 0.184 e. The maximum Gasteiger partial charge on any atom is 0.184 e. The number of anilines is 1. The number of aromatic nitrogens is 1. The van der Waals surface area contributed by atoms with Crippen molar-refractivity contribution in [3.8, 4) is 0 Å². The molecule has 1 aromatic heterocycles. The van der Waals surface area contributed by atoms with Gasteiger partial charge < -0.3 is 10.5 Å². The molecular formula is C11H16N2O2. The zero-order valence-corrected chi connectivity index (χ0v) is 9.06. The van der Waals surface area contributed by atoms with Gasteiger partial charge in [0.2, 0.25) is 0 Å². The maximum absolute atomic E-state index is 11.8. The van der Waals surface area contributed by atoms with Gasteiger partial charge in [-0.1, -0.05) is 6.92 Å². The lowest BCUT2D eigenvalue weighted by molar-refractivity contribution is 0.0888. The topological polar surface area (TPSA) is 65.2 Å². The Labute approximate surface area is 89.5 Å². The molecule has 1 aromatic rings. The zero-order valence-electron chi connectivity index (χ0n) is 9.06. The van der Waals surface area contributed by atoms with Crippen LogP contribution >= 0.6 is 0 Å². The molecule has 4 heteroatoms. The Balaban J connectivity index is 2.63. The number of hydrogen-bond donors (Lipinski definition) is 1. The van der Waals surface area contributed by atoms with Crippen molar-refractivity contribution in [3.05, 3.63) is 24.0 Å². The van der Waals surface area contributed by atoms with E-state index >= 15 is 0 Å². The number of carbonyl (C=O) groups is 1. The summed E-state index contributed by atoms with van der Waals surface area (Å²) in [7, 11) is 1.62. The monoisotopic (exact) mass is 208 g/mol. The summed E-state index contributed by atoms with van der Waals surface area (Å²) >= 11 is 0. The van der Waals surface area contributed by atoms with Crippen LogP contribution in [0.3, 0.4) is 0 Å². The van der Waals surface area contributed by atoms with Gasteiger partial charge in [-0.05, 0) is 18.6 Å². The molecule has 1 atom stereocenters. The molecule has 0 aliphatic carbocycles. The lowest BCUT2D eigenvalue weighted by Gasteiger charge is -2.08. The largest absolute Gasteiger partial charge is 0.397 e. The van der Waals surface area contributed by atoms with E-state index in [-0.39, 0.29) is 11.7 Å². The molecule has 0 saturated heterocycles. The van der Waals surface area contributed by atoms with Gasteiger partial charge in [0.1, 0.15) is 5.69 Å². The van der Waals surface area contributed by atoms with Crippen molar-refractivity contribution < 1.29 is 9.53 Å². The number of pyridine rings is 1. The second kappa shape index (κ2) is 5.46. The van der Waals surface area contributed by atoms with Crippen molar-refractivity contribution in [2.45, 2.75) is 13.3 Å². The van der Waals surface area contributed by atoms with E-state index < -0.39 is 0 Å². The summed E-state index contributed by atoms with van der Waals surface area (Å²) in [5, 5.41) is 0. The van der Waals surface area contributed by atoms with Crippen molar-refractivity contribution in [2.75, 3.05) is 19.5 Å². The fraction of sp³-hybridized carbons (Fsp3) is 0.455. The minimum atomic E-state index is -0.0684. The van der Waals surface area contributed by atoms with Gasteiger partial charge in [0.25, 0.3) is 0 Å². The highest BCUT2D eigenvalue weighted by molar-refractivity contribution is 5.95. The van der Waals surface area contributed by atoms with Crippen LogP contribution in [0, 0.1) is 5.92 Å². The fourth-order valence-electron chi connectivity index (χ4n) is 1.23. The number of hydrogen-bond acceptors (Lipinski definition) is 4. The van der Waals surface area contributed by atoms with Crippen LogP contribution < -0.4 is 5.73 Å². The average Bonchev–Trinajstić information content (AvgIpc) is 2.26. The molecule has 0 bridgehead atoms. The summed E-state index contributed by atoms with van der Waals surface area (Å²) in [5.41, 5.74) is 6.52. The van der Waals surface area contributed by atoms with Crippen LogP contribution in [0.4, 0.5) is 5.69 Å². The zero-order chi connectivity index (χ0) is 11.3. The number of methoxy groups -OCH3 is 1. The number of nitrogen functional groups attached to an aromatic ring is 1. The van der Waals surface area contributed by atoms with Gasteiger partial charge in [-0.25, -0.2) is 0 Å². The van der Waals surface area contributed by atoms with Gasteiger partial charge in [0.15, 0.2) is 5.78 Å². The number of carbonyl (C=O) groups excluding carboxylic acids is 1. The van der Waals surface area contributed by atoms with Gasteiger partial charge in [-0.2, -0.15) is 0 Å². The predicted octanol–water partition coefficient (Wildman–Crippen LogP) is 1.52. The molecule has 15 heavy (non-hydrogen) atoms. The molecule has 82 valence electrons. The molecule has 1 rings (SSSR count). The van der Waals surface area contributed by atoms with Crippen molar-refractivity contribution in [1.29, 1.82) is 0 Å². The lowest BCUT2D eigenvalue weighted by atomic mass is 10.0. The van der Waals surface area contributed by atoms with E-state index in [0.717, 1.165) is 0 Å². The Kier molecular flexibility index (Phi) is 4.24. The third-order valence-corrected chi connectivity index (χ3v) is 2.24. The van der Waals surface area contributed by atoms with E-state index in [1.54, 1.807) is 19.2 Å². The molecule has 0 aliphatic heterocycles. The van der Waals surface area contributed by atoms with Gasteiger partial charge in [-0.3, -0.25) is 9.78 Å². The minimum Gasteiger partial charge on any atom is -0.397 e. The van der Waals surface area contributed by atoms with Gasteiger partial charge in [0, 0.05) is 19.6 Å². The van der Waals surface area contributed by atoms with Crippen LogP contribution in [-0.4, -0.2) is 24.5 Å². The first kappa shape index (κ1) is 11.7. The number of rotatable bonds is 5. The van der Waals surface area contributed by atoms with E-state index in [0.29, 0.717) is 24.4 Å². The van der Waals surface area contributed by atoms with E-state index in [4.69, 9.17) is 10.5 Å². The number of Topliss-reactive ketones (excluding diaryl/α,β-unsaturated/α-hetero) is 1. The molecule has 0 aliphatic rings. The van der Waals surface area contributed by atoms with Crippen LogP contribution in [0.15, 0.2) is 18.3 Å². The Morgan fingerprint density at radius 1 is 1.60 bits per heavy atom. The first-order valence-electron chi connectivity index (χ1n) is 4.90. The van der Waals surface area contributed by atoms with Gasteiger partial charge in [-0.15, -0.1) is 0 Å². The van der Waals surface area contributed by atoms with Crippen molar-refractivity contribution in [2.24, 2.45) is 5.92 Å². The summed E-state index contributed by atoms with van der Waals surface area (Å²) in [5.74, 6) is -0.0341. The molecule has 2 N–H and O–H groups in total. The Morgan fingerprint density at radius 3 is 2.87 bits per heavy atom. The van der Waals surface area contributed by atoms with Crippen LogP contribution in [-0.2, 0) is 4.74 Å². The highest BCUT2D eigenvalue weighted by atomic mass is 16.5. The molecule has 1 unspecified atom stereocenters. The van der Waals surface area contributed by atoms with Crippen LogP contribution in [0.2, 0.25) is 0 Å². The van der Waals surface area contributed by atoms with Crippen molar-refractivity contribution >= 4 is 11.5 Å². The molecule has 0 spiro atoms. The van der Waals surface area contributed by atoms with E-state index in [9.17, 15) is 4.79 Å². The summed E-state index contributed by atoms with van der Waals surface area (Å²) in [6, 6.07) is 3.34. The first-order valence-corrected chi connectivity index (χ1v) is 4.90. The fourth-order valence-corrected chi connectivity index (χ4v) is 1.23. The predicted molar refractivity (Wildman–Crippen MR) is 58.6 cm³/mol. The molecule has 0 aromatic carbocycles. The standard InChI is InChI=1S/C11H16N2O2/c1-8(5-6-15-2)11(14)10-4-3-9(12)7-13-10/h3-4,7-8H,5-6,12H2,1-2H3. The summed E-state index contributed by atoms with van der Waals surface area (Å²) < 4.78 is 4.93. The molecule has 4 nitrogen and oxygen atoms in total. The Bertz CT molecular complexity index is 322. The molecular weight excluding hydrogens is 192 g/mol. The van der Waals surface area contributed by atoms with E-state index in [1.165, 1.54) is 6.20 Å². The van der Waals surface area contributed by atoms with Crippen molar-refractivity contribution in [3.63, 3.8) is 0 Å². The summed E-state index contributed by atoms with van der Waals surface area (Å²) in [6.07, 6.45) is 2.21. The van der Waals surface area contributed by atoms with E-state index in [2.05, 4.69) is 4.98 Å². The molecule has 1 heterocycles. The summed E-state index contributed by atoms with van der Waals surface area (Å²) in [6.45, 7) is 2.46. The maximum atomic E-state index is 11.8. The van der Waals surface area contributed by atoms with Crippen molar-refractivity contribution in [1.82, 2.24) is 4.98 Å². The Morgan fingerprint density at radius 2 is 2.33 bits per heavy atom. The number of ketones is 1.